The van der Waals surface area contributed by atoms with Crippen LogP contribution in [0.25, 0.3) is 10.3 Å². The van der Waals surface area contributed by atoms with Crippen LogP contribution in [0.1, 0.15) is 19.8 Å². The number of thiazole rings is 1. The molecule has 0 saturated carbocycles. The van der Waals surface area contributed by atoms with Crippen LogP contribution in [0.5, 0.6) is 11.6 Å². The van der Waals surface area contributed by atoms with E-state index in [-0.39, 0.29) is 6.61 Å². The normalized spacial score (nSPS) is 13.2. The van der Waals surface area contributed by atoms with E-state index in [0.717, 1.165) is 29.2 Å². The number of carbonyl (C=O) groups excluding carboxylic acids is 1. The van der Waals surface area contributed by atoms with Gasteiger partial charge in [-0.15, -0.1) is 11.3 Å². The molecule has 3 heterocycles. The number of anilines is 1. The van der Waals surface area contributed by atoms with Crippen molar-refractivity contribution in [2.45, 2.75) is 19.8 Å². The molecule has 0 aliphatic carbocycles. The van der Waals surface area contributed by atoms with Gasteiger partial charge in [-0.25, -0.2) is 9.97 Å². The summed E-state index contributed by atoms with van der Waals surface area (Å²) in [6, 6.07) is 12.0. The molecule has 1 aromatic carbocycles. The Balaban J connectivity index is 0.000000279. The van der Waals surface area contributed by atoms with Crippen molar-refractivity contribution in [2.75, 3.05) is 31.2 Å². The Bertz CT molecular complexity index is 909. The van der Waals surface area contributed by atoms with E-state index in [1.807, 2.05) is 31.2 Å². The number of ether oxygens (including phenoxy) is 2. The van der Waals surface area contributed by atoms with Gasteiger partial charge >= 0.3 is 0 Å². The fraction of sp³-hybridized carbons (Fsp3) is 0.350. The first kappa shape index (κ1) is 20.0. The molecule has 0 radical (unpaired) electrons. The van der Waals surface area contributed by atoms with Gasteiger partial charge in [-0.3, -0.25) is 4.79 Å². The van der Waals surface area contributed by atoms with Gasteiger partial charge in [-0.2, -0.15) is 0 Å². The van der Waals surface area contributed by atoms with Gasteiger partial charge in [0.2, 0.25) is 11.8 Å². The van der Waals surface area contributed by atoms with Crippen molar-refractivity contribution in [3.05, 3.63) is 41.9 Å². The summed E-state index contributed by atoms with van der Waals surface area (Å²) in [5, 5.41) is 0. The lowest BCUT2D eigenvalue weighted by Crippen LogP contribution is -2.17. The molecular formula is C20H24N4O3S. The molecule has 2 aromatic heterocycles. The van der Waals surface area contributed by atoms with E-state index in [9.17, 15) is 4.79 Å². The molecule has 4 rings (SSSR count). The molecular weight excluding hydrogens is 376 g/mol. The third-order valence-corrected chi connectivity index (χ3v) is 4.86. The molecule has 3 aromatic rings. The number of amides is 1. The van der Waals surface area contributed by atoms with Crippen molar-refractivity contribution in [1.29, 1.82) is 0 Å². The zero-order valence-electron chi connectivity index (χ0n) is 15.8. The Morgan fingerprint density at radius 2 is 2.07 bits per heavy atom. The molecule has 148 valence electrons. The molecule has 1 saturated heterocycles. The Hall–Kier alpha value is -2.71. The lowest BCUT2D eigenvalue weighted by Gasteiger charge is -2.18. The maximum Gasteiger partial charge on any atom is 0.243 e. The van der Waals surface area contributed by atoms with Gasteiger partial charge in [-0.05, 0) is 38.0 Å². The number of hydrogen-bond donors (Lipinski definition) is 1. The van der Waals surface area contributed by atoms with Crippen LogP contribution >= 0.6 is 11.3 Å². The molecule has 1 fully saturated rings. The molecule has 1 amide bonds. The summed E-state index contributed by atoms with van der Waals surface area (Å²) in [4.78, 5) is 21.9. The van der Waals surface area contributed by atoms with Crippen molar-refractivity contribution < 1.29 is 14.3 Å². The Kier molecular flexibility index (Phi) is 7.16. The highest BCUT2D eigenvalue weighted by Gasteiger charge is 2.13. The third kappa shape index (κ3) is 5.64. The summed E-state index contributed by atoms with van der Waals surface area (Å²) in [5.74, 6) is 1.03. The van der Waals surface area contributed by atoms with Crippen molar-refractivity contribution in [3.63, 3.8) is 0 Å². The van der Waals surface area contributed by atoms with Gasteiger partial charge in [0, 0.05) is 37.5 Å². The standard InChI is InChI=1S/C16H15N3OS.C4H9NO2/c1-2-9-19(8-1)12-4-3-5-13(10-12)20-15-7-6-14-16(18-15)21-11-17-14;1-2-7-3-4(5)6/h3-7,10-11H,1-2,8-9H2;2-3H2,1H3,(H2,5,6). The Morgan fingerprint density at radius 3 is 2.79 bits per heavy atom. The molecule has 2 N–H and O–H groups in total. The van der Waals surface area contributed by atoms with Gasteiger partial charge < -0.3 is 20.1 Å². The molecule has 1 aliphatic heterocycles. The average Bonchev–Trinajstić information content (AvgIpc) is 3.38. The zero-order valence-corrected chi connectivity index (χ0v) is 16.7. The number of pyridine rings is 1. The van der Waals surface area contributed by atoms with Crippen LogP contribution in [0.2, 0.25) is 0 Å². The molecule has 0 unspecified atom stereocenters. The summed E-state index contributed by atoms with van der Waals surface area (Å²) in [6.45, 7) is 4.66. The van der Waals surface area contributed by atoms with Gasteiger partial charge in [0.05, 0.1) is 5.51 Å². The topological polar surface area (TPSA) is 90.6 Å². The maximum absolute atomic E-state index is 9.86. The molecule has 28 heavy (non-hydrogen) atoms. The monoisotopic (exact) mass is 400 g/mol. The lowest BCUT2D eigenvalue weighted by atomic mass is 10.3. The maximum atomic E-state index is 9.86. The minimum absolute atomic E-state index is 0.0382. The summed E-state index contributed by atoms with van der Waals surface area (Å²) >= 11 is 1.53. The van der Waals surface area contributed by atoms with Crippen LogP contribution in [0.15, 0.2) is 41.9 Å². The molecule has 0 spiro atoms. The van der Waals surface area contributed by atoms with Gasteiger partial charge in [0.15, 0.2) is 0 Å². The van der Waals surface area contributed by atoms with Crippen molar-refractivity contribution in [2.24, 2.45) is 5.73 Å². The van der Waals surface area contributed by atoms with E-state index in [4.69, 9.17) is 10.5 Å². The number of rotatable bonds is 6. The minimum Gasteiger partial charge on any atom is -0.439 e. The first-order valence-corrected chi connectivity index (χ1v) is 10.1. The summed E-state index contributed by atoms with van der Waals surface area (Å²) in [5.41, 5.74) is 8.66. The van der Waals surface area contributed by atoms with E-state index in [1.54, 1.807) is 5.51 Å². The predicted octanol–water partition coefficient (Wildman–Crippen LogP) is 3.59. The van der Waals surface area contributed by atoms with E-state index in [2.05, 4.69) is 31.7 Å². The first-order chi connectivity index (χ1) is 13.7. The van der Waals surface area contributed by atoms with E-state index in [1.165, 1.54) is 29.9 Å². The molecule has 8 heteroatoms. The SMILES string of the molecule is CCOCC(N)=O.c1cc(Oc2ccc3ncsc3n2)cc(N2CCCC2)c1. The highest BCUT2D eigenvalue weighted by Crippen LogP contribution is 2.28. The highest BCUT2D eigenvalue weighted by atomic mass is 32.1. The summed E-state index contributed by atoms with van der Waals surface area (Å²) < 4.78 is 10.5. The first-order valence-electron chi connectivity index (χ1n) is 9.25. The number of carbonyl (C=O) groups is 1. The van der Waals surface area contributed by atoms with Crippen molar-refractivity contribution in [3.8, 4) is 11.6 Å². The largest absolute Gasteiger partial charge is 0.439 e. The Morgan fingerprint density at radius 1 is 1.25 bits per heavy atom. The van der Waals surface area contributed by atoms with Crippen LogP contribution in [-0.4, -0.2) is 42.2 Å². The second kappa shape index (κ2) is 10.0. The van der Waals surface area contributed by atoms with E-state index in [0.29, 0.717) is 12.5 Å². The van der Waals surface area contributed by atoms with Gasteiger partial charge in [-0.1, -0.05) is 6.07 Å². The number of primary amides is 1. The van der Waals surface area contributed by atoms with E-state index < -0.39 is 5.91 Å². The number of hydrogen-bond acceptors (Lipinski definition) is 7. The smallest absolute Gasteiger partial charge is 0.243 e. The van der Waals surface area contributed by atoms with Crippen LogP contribution in [0, 0.1) is 0 Å². The van der Waals surface area contributed by atoms with Gasteiger partial charge in [0.25, 0.3) is 0 Å². The number of aromatic nitrogens is 2. The third-order valence-electron chi connectivity index (χ3n) is 4.13. The molecule has 1 aliphatic rings. The molecule has 0 bridgehead atoms. The average molecular weight is 401 g/mol. The lowest BCUT2D eigenvalue weighted by molar-refractivity contribution is -0.122. The minimum atomic E-state index is -0.415. The Labute approximate surface area is 168 Å². The second-order valence-corrected chi connectivity index (χ2v) is 7.06. The number of nitrogens with two attached hydrogens (primary N) is 1. The fourth-order valence-corrected chi connectivity index (χ4v) is 3.48. The fourth-order valence-electron chi connectivity index (χ4n) is 2.83. The predicted molar refractivity (Wildman–Crippen MR) is 111 cm³/mol. The van der Waals surface area contributed by atoms with Crippen LogP contribution in [0.4, 0.5) is 5.69 Å². The van der Waals surface area contributed by atoms with E-state index >= 15 is 0 Å². The van der Waals surface area contributed by atoms with Gasteiger partial charge in [0.1, 0.15) is 22.7 Å². The molecule has 0 atom stereocenters. The van der Waals surface area contributed by atoms with Crippen LogP contribution in [0.3, 0.4) is 0 Å². The quantitative estimate of drug-likeness (QED) is 0.680. The van der Waals surface area contributed by atoms with Crippen molar-refractivity contribution >= 4 is 33.3 Å². The number of fused-ring (bicyclic) bond motifs is 1. The molecule has 7 nitrogen and oxygen atoms in total. The van der Waals surface area contributed by atoms with Crippen LogP contribution in [-0.2, 0) is 9.53 Å². The number of benzene rings is 1. The number of nitrogens with zero attached hydrogens (tertiary/aromatic N) is 3. The highest BCUT2D eigenvalue weighted by molar-refractivity contribution is 7.16. The van der Waals surface area contributed by atoms with Crippen molar-refractivity contribution in [1.82, 2.24) is 9.97 Å². The van der Waals surface area contributed by atoms with Crippen LogP contribution < -0.4 is 15.4 Å². The zero-order chi connectivity index (χ0) is 19.8. The summed E-state index contributed by atoms with van der Waals surface area (Å²) in [6.07, 6.45) is 2.55. The second-order valence-electron chi connectivity index (χ2n) is 6.22. The summed E-state index contributed by atoms with van der Waals surface area (Å²) in [7, 11) is 0.